The molecular weight excluding hydrogens is 412 g/mol. The lowest BCUT2D eigenvalue weighted by Gasteiger charge is -2.21. The van der Waals surface area contributed by atoms with Crippen molar-refractivity contribution in [3.05, 3.63) is 54.1 Å². The van der Waals surface area contributed by atoms with Crippen LogP contribution in [0.15, 0.2) is 53.7 Å². The lowest BCUT2D eigenvalue weighted by atomic mass is 10.2. The molecule has 1 aliphatic heterocycles. The van der Waals surface area contributed by atoms with Gasteiger partial charge in [-0.05, 0) is 49.2 Å². The summed E-state index contributed by atoms with van der Waals surface area (Å²) in [6, 6.07) is 13.8. The SMILES string of the molecule is C[C@@H](Sc1nnc(-c2ccc(OC(F)F)cc2)n1N)C(=O)N1CCc2ccccc21. The molecule has 2 heterocycles. The van der Waals surface area contributed by atoms with E-state index >= 15 is 0 Å². The van der Waals surface area contributed by atoms with Crippen LogP contribution in [-0.4, -0.2) is 39.2 Å². The molecule has 1 aromatic heterocycles. The summed E-state index contributed by atoms with van der Waals surface area (Å²) in [7, 11) is 0. The average Bonchev–Trinajstić information content (AvgIpc) is 3.32. The molecule has 10 heteroatoms. The largest absolute Gasteiger partial charge is 0.435 e. The van der Waals surface area contributed by atoms with Crippen LogP contribution in [0.25, 0.3) is 11.4 Å². The second kappa shape index (κ2) is 8.31. The third kappa shape index (κ3) is 3.95. The van der Waals surface area contributed by atoms with E-state index in [0.29, 0.717) is 23.1 Å². The van der Waals surface area contributed by atoms with Crippen molar-refractivity contribution < 1.29 is 18.3 Å². The molecule has 156 valence electrons. The van der Waals surface area contributed by atoms with Crippen LogP contribution in [0.3, 0.4) is 0 Å². The molecule has 7 nitrogen and oxygen atoms in total. The van der Waals surface area contributed by atoms with Gasteiger partial charge in [0.2, 0.25) is 11.1 Å². The molecule has 0 unspecified atom stereocenters. The Hall–Kier alpha value is -3.14. The fourth-order valence-electron chi connectivity index (χ4n) is 3.33. The molecule has 1 atom stereocenters. The van der Waals surface area contributed by atoms with Crippen LogP contribution in [-0.2, 0) is 11.2 Å². The van der Waals surface area contributed by atoms with E-state index < -0.39 is 11.9 Å². The number of benzene rings is 2. The Morgan fingerprint density at radius 3 is 2.63 bits per heavy atom. The van der Waals surface area contributed by atoms with Crippen molar-refractivity contribution >= 4 is 23.4 Å². The average molecular weight is 431 g/mol. The Labute approximate surface area is 175 Å². The van der Waals surface area contributed by atoms with Gasteiger partial charge < -0.3 is 15.5 Å². The molecule has 3 aromatic rings. The van der Waals surface area contributed by atoms with Gasteiger partial charge >= 0.3 is 6.61 Å². The van der Waals surface area contributed by atoms with Gasteiger partial charge in [-0.25, -0.2) is 4.68 Å². The maximum absolute atomic E-state index is 13.0. The number of aromatic nitrogens is 3. The molecule has 2 aromatic carbocycles. The van der Waals surface area contributed by atoms with Crippen molar-refractivity contribution in [1.29, 1.82) is 0 Å². The second-order valence-electron chi connectivity index (χ2n) is 6.71. The molecule has 0 aliphatic carbocycles. The van der Waals surface area contributed by atoms with E-state index in [-0.39, 0.29) is 11.7 Å². The molecule has 30 heavy (non-hydrogen) atoms. The van der Waals surface area contributed by atoms with Crippen LogP contribution in [0, 0.1) is 0 Å². The van der Waals surface area contributed by atoms with Crippen LogP contribution in [0.4, 0.5) is 14.5 Å². The van der Waals surface area contributed by atoms with E-state index in [1.54, 1.807) is 24.0 Å². The number of thioether (sulfide) groups is 1. The highest BCUT2D eigenvalue weighted by Gasteiger charge is 2.29. The van der Waals surface area contributed by atoms with Crippen LogP contribution in [0.2, 0.25) is 0 Å². The Morgan fingerprint density at radius 2 is 1.90 bits per heavy atom. The maximum Gasteiger partial charge on any atom is 0.387 e. The van der Waals surface area contributed by atoms with Crippen molar-refractivity contribution in [3.63, 3.8) is 0 Å². The number of nitrogens with two attached hydrogens (primary N) is 1. The summed E-state index contributed by atoms with van der Waals surface area (Å²) >= 11 is 1.22. The first kappa shape index (κ1) is 20.1. The zero-order valence-electron chi connectivity index (χ0n) is 16.0. The van der Waals surface area contributed by atoms with Crippen LogP contribution in [0.5, 0.6) is 5.75 Å². The Bertz CT molecular complexity index is 1060. The van der Waals surface area contributed by atoms with Crippen LogP contribution >= 0.6 is 11.8 Å². The number of hydrogen-bond acceptors (Lipinski definition) is 6. The van der Waals surface area contributed by atoms with Crippen molar-refractivity contribution in [1.82, 2.24) is 14.9 Å². The van der Waals surface area contributed by atoms with E-state index in [9.17, 15) is 13.6 Å². The fourth-order valence-corrected chi connectivity index (χ4v) is 4.17. The quantitative estimate of drug-likeness (QED) is 0.476. The Kier molecular flexibility index (Phi) is 5.58. The predicted octanol–water partition coefficient (Wildman–Crippen LogP) is 3.33. The topological polar surface area (TPSA) is 86.3 Å². The summed E-state index contributed by atoms with van der Waals surface area (Å²) in [6.07, 6.45) is 0.835. The van der Waals surface area contributed by atoms with Crippen LogP contribution < -0.4 is 15.5 Å². The van der Waals surface area contributed by atoms with Crippen molar-refractivity contribution in [3.8, 4) is 17.1 Å². The van der Waals surface area contributed by atoms with Gasteiger partial charge in [-0.15, -0.1) is 10.2 Å². The van der Waals surface area contributed by atoms with Crippen LogP contribution in [0.1, 0.15) is 12.5 Å². The first-order chi connectivity index (χ1) is 14.4. The first-order valence-electron chi connectivity index (χ1n) is 9.25. The number of amides is 1. The van der Waals surface area contributed by atoms with E-state index in [4.69, 9.17) is 5.84 Å². The molecule has 1 amide bonds. The van der Waals surface area contributed by atoms with Crippen molar-refractivity contribution in [2.45, 2.75) is 30.4 Å². The lowest BCUT2D eigenvalue weighted by molar-refractivity contribution is -0.117. The highest BCUT2D eigenvalue weighted by molar-refractivity contribution is 8.00. The molecule has 0 radical (unpaired) electrons. The summed E-state index contributed by atoms with van der Waals surface area (Å²) in [5.41, 5.74) is 2.69. The zero-order valence-corrected chi connectivity index (χ0v) is 16.9. The number of rotatable bonds is 6. The Morgan fingerprint density at radius 1 is 1.17 bits per heavy atom. The number of nitrogen functional groups attached to an aromatic ring is 1. The predicted molar refractivity (Wildman–Crippen MR) is 110 cm³/mol. The molecular formula is C20H19F2N5O2S. The standard InChI is InChI=1S/C20H19F2N5O2S/c1-12(18(28)26-11-10-13-4-2-3-5-16(13)26)30-20-25-24-17(27(20)23)14-6-8-15(9-7-14)29-19(21)22/h2-9,12,19H,10-11,23H2,1H3/t12-/m1/s1. The number of nitrogens with zero attached hydrogens (tertiary/aromatic N) is 4. The number of ether oxygens (including phenoxy) is 1. The smallest absolute Gasteiger partial charge is 0.387 e. The summed E-state index contributed by atoms with van der Waals surface area (Å²) in [5.74, 6) is 6.49. The van der Waals surface area contributed by atoms with Crippen molar-refractivity contribution in [2.75, 3.05) is 17.3 Å². The molecule has 2 N–H and O–H groups in total. The molecule has 4 rings (SSSR count). The third-order valence-electron chi connectivity index (χ3n) is 4.79. The monoisotopic (exact) mass is 431 g/mol. The number of carbonyl (C=O) groups is 1. The number of hydrogen-bond donors (Lipinski definition) is 1. The molecule has 0 bridgehead atoms. The zero-order chi connectivity index (χ0) is 21.3. The molecule has 0 saturated carbocycles. The van der Waals surface area contributed by atoms with E-state index in [1.165, 1.54) is 28.6 Å². The summed E-state index contributed by atoms with van der Waals surface area (Å²) in [6.45, 7) is -0.436. The summed E-state index contributed by atoms with van der Waals surface area (Å²) in [5, 5.41) is 8.12. The summed E-state index contributed by atoms with van der Waals surface area (Å²) in [4.78, 5) is 14.7. The second-order valence-corrected chi connectivity index (χ2v) is 8.02. The third-order valence-corrected chi connectivity index (χ3v) is 5.83. The lowest BCUT2D eigenvalue weighted by Crippen LogP contribution is -2.35. The first-order valence-corrected chi connectivity index (χ1v) is 10.1. The molecule has 0 fully saturated rings. The van der Waals surface area contributed by atoms with Crippen molar-refractivity contribution in [2.24, 2.45) is 0 Å². The number of alkyl halides is 2. The number of halogens is 2. The maximum atomic E-state index is 13.0. The summed E-state index contributed by atoms with van der Waals surface area (Å²) < 4.78 is 30.2. The number of carbonyl (C=O) groups excluding carboxylic acids is 1. The molecule has 0 spiro atoms. The highest BCUT2D eigenvalue weighted by Crippen LogP contribution is 2.32. The van der Waals surface area contributed by atoms with Gasteiger partial charge in [-0.2, -0.15) is 8.78 Å². The number of anilines is 1. The minimum absolute atomic E-state index is 0.0250. The fraction of sp³-hybridized carbons (Fsp3) is 0.250. The number of para-hydroxylation sites is 1. The molecule has 1 aliphatic rings. The Balaban J connectivity index is 1.47. The van der Waals surface area contributed by atoms with Gasteiger partial charge in [0.05, 0.1) is 5.25 Å². The van der Waals surface area contributed by atoms with Gasteiger partial charge in [0.25, 0.3) is 0 Å². The minimum atomic E-state index is -2.89. The van der Waals surface area contributed by atoms with E-state index in [0.717, 1.165) is 17.7 Å². The number of fused-ring (bicyclic) bond motifs is 1. The van der Waals surface area contributed by atoms with Gasteiger partial charge in [0, 0.05) is 17.8 Å². The van der Waals surface area contributed by atoms with Gasteiger partial charge in [-0.3, -0.25) is 4.79 Å². The highest BCUT2D eigenvalue weighted by atomic mass is 32.2. The van der Waals surface area contributed by atoms with E-state index in [1.807, 2.05) is 24.3 Å². The van der Waals surface area contributed by atoms with Gasteiger partial charge in [-0.1, -0.05) is 30.0 Å². The molecule has 0 saturated heterocycles. The van der Waals surface area contributed by atoms with Gasteiger partial charge in [0.15, 0.2) is 5.82 Å². The normalized spacial score (nSPS) is 14.1. The van der Waals surface area contributed by atoms with E-state index in [2.05, 4.69) is 14.9 Å². The minimum Gasteiger partial charge on any atom is -0.435 e. The van der Waals surface area contributed by atoms with Gasteiger partial charge in [0.1, 0.15) is 5.75 Å².